The van der Waals surface area contributed by atoms with Crippen molar-refractivity contribution in [1.29, 1.82) is 5.26 Å². The van der Waals surface area contributed by atoms with E-state index < -0.39 is 0 Å². The number of carbonyl (C=O) groups excluding carboxylic acids is 2. The zero-order valence-electron chi connectivity index (χ0n) is 14.8. The number of benzene rings is 2. The van der Waals surface area contributed by atoms with Gasteiger partial charge in [-0.25, -0.2) is 0 Å². The number of amides is 2. The predicted molar refractivity (Wildman–Crippen MR) is 120 cm³/mol. The van der Waals surface area contributed by atoms with Crippen molar-refractivity contribution in [2.75, 3.05) is 11.1 Å². The molecule has 2 amide bonds. The number of nitrogens with zero attached hydrogens (tertiary/aromatic N) is 1. The summed E-state index contributed by atoms with van der Waals surface area (Å²) in [6.07, 6.45) is 0.177. The predicted octanol–water partition coefficient (Wildman–Crippen LogP) is 5.47. The fourth-order valence-corrected chi connectivity index (χ4v) is 4.61. The number of nitriles is 1. The molecule has 0 fully saturated rings. The van der Waals surface area contributed by atoms with Crippen molar-refractivity contribution in [2.24, 2.45) is 0 Å². The van der Waals surface area contributed by atoms with E-state index in [1.165, 1.54) is 6.07 Å². The van der Waals surface area contributed by atoms with Gasteiger partial charge in [-0.1, -0.05) is 63.0 Å². The van der Waals surface area contributed by atoms with Crippen LogP contribution in [0.4, 0.5) is 5.69 Å². The van der Waals surface area contributed by atoms with E-state index in [9.17, 15) is 14.9 Å². The fourth-order valence-electron chi connectivity index (χ4n) is 2.86. The van der Waals surface area contributed by atoms with E-state index >= 15 is 0 Å². The van der Waals surface area contributed by atoms with Crippen molar-refractivity contribution >= 4 is 68.4 Å². The van der Waals surface area contributed by atoms with Crippen LogP contribution in [0.5, 0.6) is 0 Å². The summed E-state index contributed by atoms with van der Waals surface area (Å²) in [5.41, 5.74) is 1.74. The second kappa shape index (κ2) is 9.68. The first-order valence-corrected chi connectivity index (χ1v) is 11.0. The Kier molecular flexibility index (Phi) is 7.25. The second-order valence-corrected chi connectivity index (χ2v) is 8.92. The number of anilines is 1. The SMILES string of the molecule is N#CC1=C(SCC(=O)Nc2ccc(Cl)cc2Cl)NC(=O)C[C@H]1c1cccc(Br)c1. The van der Waals surface area contributed by atoms with Gasteiger partial charge < -0.3 is 10.6 Å². The topological polar surface area (TPSA) is 82.0 Å². The third kappa shape index (κ3) is 5.55. The summed E-state index contributed by atoms with van der Waals surface area (Å²) in [5.74, 6) is -0.867. The number of rotatable bonds is 5. The zero-order chi connectivity index (χ0) is 21.0. The van der Waals surface area contributed by atoms with E-state index in [0.29, 0.717) is 26.3 Å². The highest BCUT2D eigenvalue weighted by Crippen LogP contribution is 2.36. The average molecular weight is 511 g/mol. The van der Waals surface area contributed by atoms with Gasteiger partial charge in [0.25, 0.3) is 0 Å². The van der Waals surface area contributed by atoms with Crippen molar-refractivity contribution in [1.82, 2.24) is 5.32 Å². The Balaban J connectivity index is 1.76. The molecule has 2 aromatic carbocycles. The van der Waals surface area contributed by atoms with Crippen molar-refractivity contribution < 1.29 is 9.59 Å². The lowest BCUT2D eigenvalue weighted by Crippen LogP contribution is -2.31. The van der Waals surface area contributed by atoms with Crippen molar-refractivity contribution in [3.63, 3.8) is 0 Å². The average Bonchev–Trinajstić information content (AvgIpc) is 2.68. The first kappa shape index (κ1) is 21.7. The molecule has 0 aromatic heterocycles. The maximum atomic E-state index is 12.3. The molecule has 3 rings (SSSR count). The third-order valence-electron chi connectivity index (χ3n) is 4.16. The molecule has 0 aliphatic carbocycles. The molecule has 2 aromatic rings. The molecular formula is C20H14BrCl2N3O2S. The normalized spacial score (nSPS) is 16.2. The molecule has 0 saturated heterocycles. The smallest absolute Gasteiger partial charge is 0.234 e. The van der Waals surface area contributed by atoms with Crippen molar-refractivity contribution in [2.45, 2.75) is 12.3 Å². The van der Waals surface area contributed by atoms with Gasteiger partial charge in [0.05, 0.1) is 33.1 Å². The first-order chi connectivity index (χ1) is 13.9. The van der Waals surface area contributed by atoms with Gasteiger partial charge in [0.15, 0.2) is 0 Å². The quantitative estimate of drug-likeness (QED) is 0.559. The van der Waals surface area contributed by atoms with Gasteiger partial charge in [-0.2, -0.15) is 5.26 Å². The van der Waals surface area contributed by atoms with Gasteiger partial charge in [0.1, 0.15) is 0 Å². The van der Waals surface area contributed by atoms with Gasteiger partial charge in [-0.3, -0.25) is 9.59 Å². The zero-order valence-corrected chi connectivity index (χ0v) is 18.8. The molecule has 1 atom stereocenters. The lowest BCUT2D eigenvalue weighted by atomic mass is 9.87. The third-order valence-corrected chi connectivity index (χ3v) is 6.22. The maximum absolute atomic E-state index is 12.3. The van der Waals surface area contributed by atoms with E-state index in [-0.39, 0.29) is 29.9 Å². The summed E-state index contributed by atoms with van der Waals surface area (Å²) in [5, 5.41) is 16.3. The van der Waals surface area contributed by atoms with E-state index in [1.807, 2.05) is 24.3 Å². The number of halogens is 3. The molecule has 5 nitrogen and oxygen atoms in total. The number of hydrogen-bond acceptors (Lipinski definition) is 4. The molecule has 0 unspecified atom stereocenters. The molecule has 29 heavy (non-hydrogen) atoms. The molecule has 1 aliphatic rings. The number of hydrogen-bond donors (Lipinski definition) is 2. The maximum Gasteiger partial charge on any atom is 0.234 e. The molecule has 0 radical (unpaired) electrons. The van der Waals surface area contributed by atoms with E-state index in [1.54, 1.807) is 12.1 Å². The van der Waals surface area contributed by atoms with Gasteiger partial charge in [0, 0.05) is 21.8 Å². The molecule has 2 N–H and O–H groups in total. The molecular weight excluding hydrogens is 497 g/mol. The van der Waals surface area contributed by atoms with Crippen LogP contribution in [-0.2, 0) is 9.59 Å². The Hall–Kier alpha value is -1.98. The molecule has 148 valence electrons. The summed E-state index contributed by atoms with van der Waals surface area (Å²) in [4.78, 5) is 24.5. The van der Waals surface area contributed by atoms with Gasteiger partial charge in [0.2, 0.25) is 11.8 Å². The molecule has 0 saturated carbocycles. The van der Waals surface area contributed by atoms with E-state index in [4.69, 9.17) is 23.2 Å². The minimum absolute atomic E-state index is 0.00491. The molecule has 1 aliphatic heterocycles. The Bertz CT molecular complexity index is 1050. The van der Waals surface area contributed by atoms with Crippen molar-refractivity contribution in [3.8, 4) is 6.07 Å². The highest BCUT2D eigenvalue weighted by Gasteiger charge is 2.30. The largest absolute Gasteiger partial charge is 0.324 e. The molecule has 1 heterocycles. The monoisotopic (exact) mass is 509 g/mol. The Morgan fingerprint density at radius 1 is 1.31 bits per heavy atom. The minimum Gasteiger partial charge on any atom is -0.324 e. The Morgan fingerprint density at radius 3 is 2.79 bits per heavy atom. The van der Waals surface area contributed by atoms with Crippen LogP contribution in [0.3, 0.4) is 0 Å². The van der Waals surface area contributed by atoms with Crippen LogP contribution in [0.1, 0.15) is 17.9 Å². The minimum atomic E-state index is -0.359. The Labute approximate surface area is 190 Å². The highest BCUT2D eigenvalue weighted by atomic mass is 79.9. The van der Waals surface area contributed by atoms with Crippen LogP contribution in [-0.4, -0.2) is 17.6 Å². The summed E-state index contributed by atoms with van der Waals surface area (Å²) >= 11 is 16.4. The summed E-state index contributed by atoms with van der Waals surface area (Å²) in [7, 11) is 0. The molecule has 9 heteroatoms. The Morgan fingerprint density at radius 2 is 2.10 bits per heavy atom. The van der Waals surface area contributed by atoms with Gasteiger partial charge in [-0.15, -0.1) is 0 Å². The first-order valence-electron chi connectivity index (χ1n) is 8.44. The lowest BCUT2D eigenvalue weighted by molar-refractivity contribution is -0.121. The van der Waals surface area contributed by atoms with Crippen LogP contribution >= 0.6 is 50.9 Å². The highest BCUT2D eigenvalue weighted by molar-refractivity contribution is 9.10. The standard InChI is InChI=1S/C20H14BrCl2N3O2S/c21-12-3-1-2-11(6-12)14-8-18(27)26-20(15(14)9-24)29-10-19(28)25-17-5-4-13(22)7-16(17)23/h1-7,14H,8,10H2,(H,25,28)(H,26,27)/t14-/m0/s1. The van der Waals surface area contributed by atoms with Crippen LogP contribution in [0.25, 0.3) is 0 Å². The second-order valence-electron chi connectivity index (χ2n) is 6.18. The lowest BCUT2D eigenvalue weighted by Gasteiger charge is -2.25. The van der Waals surface area contributed by atoms with Crippen molar-refractivity contribution in [3.05, 3.63) is 73.1 Å². The number of thioether (sulfide) groups is 1. The van der Waals surface area contributed by atoms with Crippen LogP contribution < -0.4 is 10.6 Å². The number of carbonyl (C=O) groups is 2. The van der Waals surface area contributed by atoms with Crippen LogP contribution in [0.2, 0.25) is 10.0 Å². The van der Waals surface area contributed by atoms with E-state index in [2.05, 4.69) is 32.6 Å². The van der Waals surface area contributed by atoms with Gasteiger partial charge >= 0.3 is 0 Å². The number of allylic oxidation sites excluding steroid dienone is 1. The summed E-state index contributed by atoms with van der Waals surface area (Å²) in [6.45, 7) is 0. The van der Waals surface area contributed by atoms with Gasteiger partial charge in [-0.05, 0) is 35.9 Å². The number of nitrogens with one attached hydrogen (secondary N) is 2. The summed E-state index contributed by atoms with van der Waals surface area (Å²) in [6, 6.07) is 14.5. The molecule has 0 spiro atoms. The summed E-state index contributed by atoms with van der Waals surface area (Å²) < 4.78 is 0.867. The molecule has 0 bridgehead atoms. The van der Waals surface area contributed by atoms with Crippen LogP contribution in [0, 0.1) is 11.3 Å². The fraction of sp³-hybridized carbons (Fsp3) is 0.150. The van der Waals surface area contributed by atoms with Crippen LogP contribution in [0.15, 0.2) is 57.5 Å². The van der Waals surface area contributed by atoms with E-state index in [0.717, 1.165) is 21.8 Å².